The van der Waals surface area contributed by atoms with Crippen LogP contribution < -0.4 is 11.1 Å². The number of hydrogen-bond donors (Lipinski definition) is 3. The van der Waals surface area contributed by atoms with Crippen molar-refractivity contribution in [1.82, 2.24) is 24.9 Å². The first-order valence-electron chi connectivity index (χ1n) is 14.0. The molecule has 0 saturated heterocycles. The van der Waals surface area contributed by atoms with Crippen LogP contribution in [0.1, 0.15) is 77.4 Å². The molecule has 13 heteroatoms. The summed E-state index contributed by atoms with van der Waals surface area (Å²) in [6, 6.07) is 10.5. The fourth-order valence-corrected chi connectivity index (χ4v) is 5.30. The fourth-order valence-electron chi connectivity index (χ4n) is 5.30. The van der Waals surface area contributed by atoms with Gasteiger partial charge in [-0.1, -0.05) is 24.8 Å². The van der Waals surface area contributed by atoms with Crippen LogP contribution in [0, 0.1) is 20.8 Å². The minimum Gasteiger partial charge on any atom is -0.477 e. The molecule has 0 aliphatic heterocycles. The lowest BCUT2D eigenvalue weighted by atomic mass is 9.98. The van der Waals surface area contributed by atoms with Crippen LogP contribution in [0.15, 0.2) is 59.8 Å². The predicted molar refractivity (Wildman–Crippen MR) is 169 cm³/mol. The summed E-state index contributed by atoms with van der Waals surface area (Å²) in [7, 11) is 0. The maximum absolute atomic E-state index is 13.0. The highest BCUT2D eigenvalue weighted by Gasteiger charge is 2.29. The second kappa shape index (κ2) is 13.7. The van der Waals surface area contributed by atoms with Gasteiger partial charge in [-0.2, -0.15) is 14.6 Å². The highest BCUT2D eigenvalue weighted by Crippen LogP contribution is 2.35. The summed E-state index contributed by atoms with van der Waals surface area (Å²) in [6.07, 6.45) is 4.04. The molecule has 1 amide bonds. The van der Waals surface area contributed by atoms with Crippen LogP contribution in [-0.4, -0.2) is 49.1 Å². The van der Waals surface area contributed by atoms with Crippen LogP contribution in [0.3, 0.4) is 0 Å². The topological polar surface area (TPSA) is 175 Å². The number of benzene rings is 2. The van der Waals surface area contributed by atoms with E-state index >= 15 is 0 Å². The zero-order valence-electron chi connectivity index (χ0n) is 25.0. The SMILES string of the molecule is C=CCOC(=O)c1ccc2c(c1C)CC[C@@H]2NC(=O)c1cc(C(=O)O)nc2ncnn12.Cc1oc2ccc(CN)cc2c1C.Cl. The third-order valence-electron chi connectivity index (χ3n) is 7.73. The van der Waals surface area contributed by atoms with E-state index in [1.807, 2.05) is 32.0 Å². The third-order valence-corrected chi connectivity index (χ3v) is 7.73. The number of furan rings is 1. The highest BCUT2D eigenvalue weighted by molar-refractivity contribution is 5.96. The van der Waals surface area contributed by atoms with Gasteiger partial charge in [0.15, 0.2) is 5.69 Å². The molecule has 12 nitrogen and oxygen atoms in total. The van der Waals surface area contributed by atoms with Crippen LogP contribution in [0.25, 0.3) is 16.7 Å². The minimum absolute atomic E-state index is 0. The van der Waals surface area contributed by atoms with Gasteiger partial charge in [0.05, 0.1) is 11.6 Å². The number of carboxylic acid groups (broad SMARTS) is 1. The molecule has 0 bridgehead atoms. The molecule has 1 aliphatic rings. The molecule has 2 aromatic carbocycles. The average molecular weight is 633 g/mol. The highest BCUT2D eigenvalue weighted by atomic mass is 35.5. The van der Waals surface area contributed by atoms with E-state index in [9.17, 15) is 19.5 Å². The smallest absolute Gasteiger partial charge is 0.354 e. The van der Waals surface area contributed by atoms with E-state index in [1.165, 1.54) is 33.9 Å². The van der Waals surface area contributed by atoms with Gasteiger partial charge in [-0.05, 0) is 79.6 Å². The first-order valence-corrected chi connectivity index (χ1v) is 14.0. The van der Waals surface area contributed by atoms with Crippen LogP contribution >= 0.6 is 12.4 Å². The van der Waals surface area contributed by atoms with Crippen molar-refractivity contribution in [3.05, 3.63) is 106 Å². The van der Waals surface area contributed by atoms with Crippen LogP contribution in [-0.2, 0) is 17.7 Å². The van der Waals surface area contributed by atoms with Gasteiger partial charge in [0.2, 0.25) is 0 Å². The Morgan fingerprint density at radius 2 is 1.96 bits per heavy atom. The summed E-state index contributed by atoms with van der Waals surface area (Å²) in [5.74, 6) is -1.17. The number of ether oxygens (including phenoxy) is 1. The van der Waals surface area contributed by atoms with Crippen molar-refractivity contribution >= 4 is 47.0 Å². The Morgan fingerprint density at radius 1 is 1.18 bits per heavy atom. The Labute approximate surface area is 264 Å². The summed E-state index contributed by atoms with van der Waals surface area (Å²) in [6.45, 7) is 10.2. The first kappa shape index (κ1) is 32.8. The number of rotatable bonds is 7. The number of aromatic nitrogens is 4. The second-order valence-electron chi connectivity index (χ2n) is 10.4. The van der Waals surface area contributed by atoms with Crippen LogP contribution in [0.4, 0.5) is 0 Å². The lowest BCUT2D eigenvalue weighted by molar-refractivity contribution is 0.0548. The largest absolute Gasteiger partial charge is 0.477 e. The molecule has 3 aromatic heterocycles. The van der Waals surface area contributed by atoms with Gasteiger partial charge in [-0.25, -0.2) is 14.6 Å². The standard InChI is InChI=1S/C21H19N5O5.C11H13NO.ClH/c1-3-8-31-20(30)13-4-5-14-12(11(13)2)6-7-15(14)24-18(27)17-9-16(19(28)29)25-21-22-10-23-26(17)21;1-7-8(2)13-11-4-3-9(6-12)5-10(7)11;/h3-5,9-10,15H,1,6-8H2,2H3,(H,24,27)(H,28,29);3-5H,6,12H2,1-2H3;1H/t15-;;/m0../s1. The predicted octanol–water partition coefficient (Wildman–Crippen LogP) is 4.82. The summed E-state index contributed by atoms with van der Waals surface area (Å²) in [4.78, 5) is 44.3. The molecule has 3 heterocycles. The fraction of sp³-hybridized carbons (Fsp3) is 0.250. The van der Waals surface area contributed by atoms with E-state index in [0.717, 1.165) is 33.6 Å². The van der Waals surface area contributed by atoms with Gasteiger partial charge in [-0.15, -0.1) is 12.4 Å². The second-order valence-corrected chi connectivity index (χ2v) is 10.4. The number of carbonyl (C=O) groups is 3. The Balaban J connectivity index is 0.000000275. The molecule has 0 unspecified atom stereocenters. The van der Waals surface area contributed by atoms with E-state index in [2.05, 4.69) is 40.0 Å². The zero-order chi connectivity index (χ0) is 31.5. The summed E-state index contributed by atoms with van der Waals surface area (Å²) in [5, 5.41) is 17.3. The molecule has 45 heavy (non-hydrogen) atoms. The molecule has 1 atom stereocenters. The van der Waals surface area contributed by atoms with Gasteiger partial charge < -0.3 is 25.3 Å². The summed E-state index contributed by atoms with van der Waals surface area (Å²) < 4.78 is 11.9. The number of esters is 1. The molecule has 0 radical (unpaired) electrons. The van der Waals surface area contributed by atoms with E-state index in [-0.39, 0.29) is 42.2 Å². The normalized spacial score (nSPS) is 13.4. The van der Waals surface area contributed by atoms with Crippen LogP contribution in [0.5, 0.6) is 0 Å². The number of aromatic carboxylic acids is 1. The number of hydrogen-bond acceptors (Lipinski definition) is 9. The monoisotopic (exact) mass is 632 g/mol. The molecule has 4 N–H and O–H groups in total. The van der Waals surface area contributed by atoms with E-state index in [4.69, 9.17) is 14.9 Å². The maximum atomic E-state index is 13.0. The number of nitrogens with two attached hydrogens (primary N) is 1. The van der Waals surface area contributed by atoms with Gasteiger partial charge in [0.1, 0.15) is 30.0 Å². The molecule has 1 aliphatic carbocycles. The van der Waals surface area contributed by atoms with E-state index in [0.29, 0.717) is 24.9 Å². The number of carbonyl (C=O) groups excluding carboxylic acids is 2. The average Bonchev–Trinajstić information content (AvgIpc) is 3.73. The number of nitrogens with one attached hydrogen (secondary N) is 1. The molecule has 0 saturated carbocycles. The van der Waals surface area contributed by atoms with Crippen molar-refractivity contribution in [2.24, 2.45) is 5.73 Å². The number of amides is 1. The lowest BCUT2D eigenvalue weighted by Gasteiger charge is -2.16. The van der Waals surface area contributed by atoms with Gasteiger partial charge >= 0.3 is 11.9 Å². The molecule has 5 aromatic rings. The Morgan fingerprint density at radius 3 is 2.67 bits per heavy atom. The number of nitrogens with zero attached hydrogens (tertiary/aromatic N) is 4. The molecular weight excluding hydrogens is 600 g/mol. The summed E-state index contributed by atoms with van der Waals surface area (Å²) >= 11 is 0. The van der Waals surface area contributed by atoms with E-state index < -0.39 is 17.8 Å². The van der Waals surface area contributed by atoms with Crippen molar-refractivity contribution in [2.45, 2.75) is 46.2 Å². The van der Waals surface area contributed by atoms with Crippen molar-refractivity contribution in [3.8, 4) is 0 Å². The first-order chi connectivity index (χ1) is 21.1. The van der Waals surface area contributed by atoms with Crippen molar-refractivity contribution in [1.29, 1.82) is 0 Å². The zero-order valence-corrected chi connectivity index (χ0v) is 25.8. The number of fused-ring (bicyclic) bond motifs is 3. The molecular formula is C32H33ClN6O6. The summed E-state index contributed by atoms with van der Waals surface area (Å²) in [5.41, 5.74) is 11.8. The third kappa shape index (κ3) is 6.56. The van der Waals surface area contributed by atoms with Crippen LogP contribution in [0.2, 0.25) is 0 Å². The van der Waals surface area contributed by atoms with Crippen molar-refractivity contribution in [3.63, 3.8) is 0 Å². The molecule has 0 fully saturated rings. The Kier molecular flexibility index (Phi) is 10.00. The quantitative estimate of drug-likeness (QED) is 0.167. The Bertz CT molecular complexity index is 1930. The Hall–Kier alpha value is -5.07. The van der Waals surface area contributed by atoms with Crippen molar-refractivity contribution in [2.75, 3.05) is 6.61 Å². The number of carboxylic acids is 1. The van der Waals surface area contributed by atoms with Gasteiger partial charge in [0.25, 0.3) is 11.7 Å². The molecule has 234 valence electrons. The molecule has 6 rings (SSSR count). The minimum atomic E-state index is -1.27. The number of halogens is 1. The number of aryl methyl sites for hydroxylation is 2. The van der Waals surface area contributed by atoms with Gasteiger partial charge in [-0.3, -0.25) is 4.79 Å². The maximum Gasteiger partial charge on any atom is 0.354 e. The molecule has 0 spiro atoms. The van der Waals surface area contributed by atoms with Crippen molar-refractivity contribution < 1.29 is 28.6 Å². The lowest BCUT2D eigenvalue weighted by Crippen LogP contribution is -2.29. The van der Waals surface area contributed by atoms with Gasteiger partial charge in [0, 0.05) is 18.0 Å². The van der Waals surface area contributed by atoms with E-state index in [1.54, 1.807) is 6.07 Å².